The zero-order valence-corrected chi connectivity index (χ0v) is 17.0. The molecule has 0 radical (unpaired) electrons. The molecule has 8 N–H and O–H groups in total. The van der Waals surface area contributed by atoms with E-state index in [0.29, 0.717) is 5.75 Å². The summed E-state index contributed by atoms with van der Waals surface area (Å²) in [5.41, 5.74) is 5.48. The molecule has 29 heavy (non-hydrogen) atoms. The molecular formula is C16H28N4O8S. The first kappa shape index (κ1) is 26.6. The number of thioether (sulfide) groups is 1. The average molecular weight is 436 g/mol. The van der Waals surface area contributed by atoms with E-state index in [9.17, 15) is 29.1 Å². The third kappa shape index (κ3) is 11.3. The maximum Gasteiger partial charge on any atom is 0.326 e. The number of amides is 3. The second-order valence-corrected chi connectivity index (χ2v) is 7.20. The third-order valence-corrected chi connectivity index (χ3v) is 4.41. The number of carboxylic acids is 2. The van der Waals surface area contributed by atoms with Gasteiger partial charge >= 0.3 is 11.9 Å². The van der Waals surface area contributed by atoms with Gasteiger partial charge in [-0.25, -0.2) is 4.79 Å². The Morgan fingerprint density at radius 2 is 1.62 bits per heavy atom. The van der Waals surface area contributed by atoms with Gasteiger partial charge in [-0.1, -0.05) is 0 Å². The summed E-state index contributed by atoms with van der Waals surface area (Å²) in [6.07, 6.45) is 0.0791. The lowest BCUT2D eigenvalue weighted by atomic mass is 10.1. The van der Waals surface area contributed by atoms with Gasteiger partial charge in [0, 0.05) is 6.42 Å². The van der Waals surface area contributed by atoms with Gasteiger partial charge in [-0.2, -0.15) is 11.8 Å². The number of carbonyl (C=O) groups is 5. The van der Waals surface area contributed by atoms with E-state index in [0.717, 1.165) is 0 Å². The zero-order chi connectivity index (χ0) is 22.6. The molecule has 0 aliphatic heterocycles. The van der Waals surface area contributed by atoms with E-state index < -0.39 is 66.9 Å². The van der Waals surface area contributed by atoms with E-state index in [-0.39, 0.29) is 12.8 Å². The van der Waals surface area contributed by atoms with Gasteiger partial charge in [-0.15, -0.1) is 0 Å². The molecule has 0 aromatic carbocycles. The number of aliphatic hydroxyl groups excluding tert-OH is 1. The van der Waals surface area contributed by atoms with E-state index in [4.69, 9.17) is 15.9 Å². The van der Waals surface area contributed by atoms with E-state index >= 15 is 0 Å². The van der Waals surface area contributed by atoms with Gasteiger partial charge < -0.3 is 37.0 Å². The normalized spacial score (nSPS) is 14.8. The van der Waals surface area contributed by atoms with Crippen LogP contribution in [0.1, 0.15) is 26.2 Å². The van der Waals surface area contributed by atoms with E-state index in [1.54, 1.807) is 6.26 Å². The molecule has 12 nitrogen and oxygen atoms in total. The number of nitrogens with one attached hydrogen (secondary N) is 3. The smallest absolute Gasteiger partial charge is 0.326 e. The quantitative estimate of drug-likeness (QED) is 0.152. The number of nitrogens with two attached hydrogens (primary N) is 1. The average Bonchev–Trinajstić information content (AvgIpc) is 2.64. The molecule has 166 valence electrons. The molecule has 0 aliphatic carbocycles. The van der Waals surface area contributed by atoms with Gasteiger partial charge in [-0.3, -0.25) is 19.2 Å². The highest BCUT2D eigenvalue weighted by molar-refractivity contribution is 7.98. The fraction of sp³-hybridized carbons (Fsp3) is 0.688. The van der Waals surface area contributed by atoms with Crippen LogP contribution in [0.5, 0.6) is 0 Å². The molecular weight excluding hydrogens is 408 g/mol. The van der Waals surface area contributed by atoms with Crippen molar-refractivity contribution < 1.29 is 39.3 Å². The number of aliphatic hydroxyl groups is 1. The van der Waals surface area contributed by atoms with Crippen molar-refractivity contribution in [1.82, 2.24) is 16.0 Å². The maximum absolute atomic E-state index is 12.3. The minimum atomic E-state index is -1.33. The number of hydrogen-bond acceptors (Lipinski definition) is 8. The van der Waals surface area contributed by atoms with Crippen LogP contribution in [0.15, 0.2) is 0 Å². The summed E-state index contributed by atoms with van der Waals surface area (Å²) in [6.45, 7) is 0.709. The minimum absolute atomic E-state index is 0.199. The second-order valence-electron chi connectivity index (χ2n) is 6.22. The Bertz CT molecular complexity index is 601. The summed E-state index contributed by atoms with van der Waals surface area (Å²) in [5.74, 6) is -4.36. The SMILES string of the molecule is CSCCC(NC(=O)CNC(=O)C(CCC(=O)O)NC(=O)C(N)C(C)O)C(=O)O. The Balaban J connectivity index is 4.85. The lowest BCUT2D eigenvalue weighted by molar-refractivity contribution is -0.141. The van der Waals surface area contributed by atoms with Crippen LogP contribution < -0.4 is 21.7 Å². The molecule has 0 aromatic rings. The zero-order valence-electron chi connectivity index (χ0n) is 16.2. The summed E-state index contributed by atoms with van der Waals surface area (Å²) in [6, 6.07) is -3.74. The number of rotatable bonds is 14. The van der Waals surface area contributed by atoms with Gasteiger partial charge in [-0.05, 0) is 31.8 Å². The fourth-order valence-electron chi connectivity index (χ4n) is 2.05. The molecule has 0 heterocycles. The molecule has 0 aromatic heterocycles. The lowest BCUT2D eigenvalue weighted by Crippen LogP contribution is -2.55. The number of carbonyl (C=O) groups excluding carboxylic acids is 3. The van der Waals surface area contributed by atoms with Crippen LogP contribution in [0, 0.1) is 0 Å². The Labute approximate surface area is 172 Å². The highest BCUT2D eigenvalue weighted by Crippen LogP contribution is 2.02. The Morgan fingerprint density at radius 1 is 1.00 bits per heavy atom. The highest BCUT2D eigenvalue weighted by Gasteiger charge is 2.27. The van der Waals surface area contributed by atoms with Crippen molar-refractivity contribution in [3.63, 3.8) is 0 Å². The standard InChI is InChI=1S/C16H28N4O8S/c1-8(21)13(17)15(26)20-9(3-4-12(23)24)14(25)18-7-11(22)19-10(16(27)28)5-6-29-2/h8-10,13,21H,3-7,17H2,1-2H3,(H,18,25)(H,19,22)(H,20,26)(H,23,24)(H,27,28). The van der Waals surface area contributed by atoms with E-state index in [1.807, 2.05) is 0 Å². The number of carboxylic acid groups (broad SMARTS) is 2. The van der Waals surface area contributed by atoms with Crippen molar-refractivity contribution in [1.29, 1.82) is 0 Å². The molecule has 0 rings (SSSR count). The summed E-state index contributed by atoms with van der Waals surface area (Å²) in [5, 5.41) is 33.9. The molecule has 4 atom stereocenters. The summed E-state index contributed by atoms with van der Waals surface area (Å²) in [4.78, 5) is 58.0. The van der Waals surface area contributed by atoms with Crippen LogP contribution in [-0.2, 0) is 24.0 Å². The number of aliphatic carboxylic acids is 2. The van der Waals surface area contributed by atoms with Gasteiger partial charge in [0.2, 0.25) is 17.7 Å². The van der Waals surface area contributed by atoms with Gasteiger partial charge in [0.1, 0.15) is 18.1 Å². The topological polar surface area (TPSA) is 208 Å². The molecule has 0 spiro atoms. The Kier molecular flexibility index (Phi) is 12.6. The Hall–Kier alpha value is -2.38. The third-order valence-electron chi connectivity index (χ3n) is 3.77. The van der Waals surface area contributed by atoms with Crippen molar-refractivity contribution in [2.45, 2.75) is 50.4 Å². The van der Waals surface area contributed by atoms with Crippen molar-refractivity contribution in [2.24, 2.45) is 5.73 Å². The summed E-state index contributed by atoms with van der Waals surface area (Å²) < 4.78 is 0. The van der Waals surface area contributed by atoms with Gasteiger partial charge in [0.05, 0.1) is 12.6 Å². The van der Waals surface area contributed by atoms with E-state index in [1.165, 1.54) is 18.7 Å². The van der Waals surface area contributed by atoms with Crippen molar-refractivity contribution in [2.75, 3.05) is 18.6 Å². The highest BCUT2D eigenvalue weighted by atomic mass is 32.2. The summed E-state index contributed by atoms with van der Waals surface area (Å²) in [7, 11) is 0. The first-order valence-electron chi connectivity index (χ1n) is 8.74. The van der Waals surface area contributed by atoms with Crippen LogP contribution in [0.25, 0.3) is 0 Å². The molecule has 13 heteroatoms. The van der Waals surface area contributed by atoms with Crippen molar-refractivity contribution in [3.05, 3.63) is 0 Å². The molecule has 0 saturated heterocycles. The first-order chi connectivity index (χ1) is 13.5. The monoisotopic (exact) mass is 436 g/mol. The molecule has 0 bridgehead atoms. The van der Waals surface area contributed by atoms with Crippen molar-refractivity contribution >= 4 is 41.4 Å². The van der Waals surface area contributed by atoms with Crippen LogP contribution in [0.3, 0.4) is 0 Å². The van der Waals surface area contributed by atoms with E-state index in [2.05, 4.69) is 16.0 Å². The second kappa shape index (κ2) is 13.7. The molecule has 0 aliphatic rings. The number of hydrogen-bond donors (Lipinski definition) is 7. The first-order valence-corrected chi connectivity index (χ1v) is 10.1. The van der Waals surface area contributed by atoms with Crippen LogP contribution in [0.2, 0.25) is 0 Å². The maximum atomic E-state index is 12.3. The molecule has 3 amide bonds. The minimum Gasteiger partial charge on any atom is -0.481 e. The molecule has 4 unspecified atom stereocenters. The molecule has 0 saturated carbocycles. The van der Waals surface area contributed by atoms with Crippen LogP contribution in [-0.4, -0.2) is 87.8 Å². The van der Waals surface area contributed by atoms with Gasteiger partial charge in [0.15, 0.2) is 0 Å². The molecule has 0 fully saturated rings. The van der Waals surface area contributed by atoms with Gasteiger partial charge in [0.25, 0.3) is 0 Å². The predicted octanol–water partition coefficient (Wildman–Crippen LogP) is -2.52. The summed E-state index contributed by atoms with van der Waals surface area (Å²) >= 11 is 1.41. The Morgan fingerprint density at radius 3 is 2.10 bits per heavy atom. The van der Waals surface area contributed by atoms with Crippen LogP contribution in [0.4, 0.5) is 0 Å². The fourth-order valence-corrected chi connectivity index (χ4v) is 2.52. The predicted molar refractivity (Wildman–Crippen MR) is 104 cm³/mol. The lowest BCUT2D eigenvalue weighted by Gasteiger charge is -2.21. The largest absolute Gasteiger partial charge is 0.481 e. The van der Waals surface area contributed by atoms with Crippen LogP contribution >= 0.6 is 11.8 Å². The van der Waals surface area contributed by atoms with Crippen molar-refractivity contribution in [3.8, 4) is 0 Å².